The molecule has 0 radical (unpaired) electrons. The molecule has 0 aliphatic rings. The zero-order valence-corrected chi connectivity index (χ0v) is 16.6. The molecule has 3 nitrogen and oxygen atoms in total. The Morgan fingerprint density at radius 3 is 1.96 bits per heavy atom. The Balaban J connectivity index is 1.67. The van der Waals surface area contributed by atoms with E-state index in [9.17, 15) is 4.79 Å². The molecule has 28 heavy (non-hydrogen) atoms. The molecule has 0 aromatic heterocycles. The fourth-order valence-electron chi connectivity index (χ4n) is 3.06. The molecule has 0 fully saturated rings. The van der Waals surface area contributed by atoms with Crippen LogP contribution in [0.3, 0.4) is 0 Å². The van der Waals surface area contributed by atoms with E-state index >= 15 is 0 Å². The second kappa shape index (κ2) is 9.34. The van der Waals surface area contributed by atoms with E-state index in [1.807, 2.05) is 43.3 Å². The third-order valence-corrected chi connectivity index (χ3v) is 4.86. The number of ether oxygens (including phenoxy) is 2. The summed E-state index contributed by atoms with van der Waals surface area (Å²) < 4.78 is 10.8. The van der Waals surface area contributed by atoms with Gasteiger partial charge in [-0.15, -0.1) is 0 Å². The third kappa shape index (κ3) is 4.87. The summed E-state index contributed by atoms with van der Waals surface area (Å²) in [4.78, 5) is 12.4. The largest absolute Gasteiger partial charge is 0.423 e. The predicted molar refractivity (Wildman–Crippen MR) is 113 cm³/mol. The summed E-state index contributed by atoms with van der Waals surface area (Å²) in [6, 6.07) is 23.4. The fraction of sp³-hybridized carbons (Fsp3) is 0.240. The standard InChI is InChI=1S/C25H26O3/c1-4-5-19-6-16-24(17-7-19)28-25(26)23-14-12-22(13-15-23)21-10-8-20(9-11-21)18(2)27-3/h6-18H,4-5H2,1-3H3. The van der Waals surface area contributed by atoms with Gasteiger partial charge in [-0.1, -0.05) is 61.9 Å². The molecule has 3 aromatic rings. The Kier molecular flexibility index (Phi) is 6.62. The Bertz CT molecular complexity index is 894. The van der Waals surface area contributed by atoms with Crippen molar-refractivity contribution in [3.63, 3.8) is 0 Å². The van der Waals surface area contributed by atoms with Gasteiger partial charge in [0.15, 0.2) is 0 Å². The van der Waals surface area contributed by atoms with Crippen LogP contribution in [-0.4, -0.2) is 13.1 Å². The first-order valence-corrected chi connectivity index (χ1v) is 9.65. The summed E-state index contributed by atoms with van der Waals surface area (Å²) in [6.07, 6.45) is 2.20. The molecule has 0 aliphatic heterocycles. The molecule has 144 valence electrons. The van der Waals surface area contributed by atoms with E-state index in [1.165, 1.54) is 5.56 Å². The molecule has 1 atom stereocenters. The van der Waals surface area contributed by atoms with Gasteiger partial charge in [-0.3, -0.25) is 0 Å². The molecule has 0 bridgehead atoms. The highest BCUT2D eigenvalue weighted by Gasteiger charge is 2.10. The Hall–Kier alpha value is -2.91. The number of methoxy groups -OCH3 is 1. The van der Waals surface area contributed by atoms with E-state index in [4.69, 9.17) is 9.47 Å². The molecule has 3 aromatic carbocycles. The van der Waals surface area contributed by atoms with Crippen LogP contribution < -0.4 is 4.74 Å². The number of carbonyl (C=O) groups is 1. The molecule has 3 rings (SSSR count). The Morgan fingerprint density at radius 2 is 1.43 bits per heavy atom. The smallest absolute Gasteiger partial charge is 0.343 e. The second-order valence-corrected chi connectivity index (χ2v) is 6.86. The number of hydrogen-bond acceptors (Lipinski definition) is 3. The van der Waals surface area contributed by atoms with Crippen LogP contribution in [0.5, 0.6) is 5.75 Å². The lowest BCUT2D eigenvalue weighted by molar-refractivity contribution is 0.0734. The monoisotopic (exact) mass is 374 g/mol. The van der Waals surface area contributed by atoms with Crippen LogP contribution in [0.2, 0.25) is 0 Å². The summed E-state index contributed by atoms with van der Waals surface area (Å²) in [5.41, 5.74) is 5.07. The van der Waals surface area contributed by atoms with E-state index < -0.39 is 0 Å². The van der Waals surface area contributed by atoms with Gasteiger partial charge in [-0.05, 0) is 59.9 Å². The maximum atomic E-state index is 12.4. The van der Waals surface area contributed by atoms with Crippen LogP contribution in [0.1, 0.15) is 47.9 Å². The lowest BCUT2D eigenvalue weighted by Gasteiger charge is -2.11. The molecule has 0 aliphatic carbocycles. The number of hydrogen-bond donors (Lipinski definition) is 0. The van der Waals surface area contributed by atoms with Crippen molar-refractivity contribution in [2.75, 3.05) is 7.11 Å². The van der Waals surface area contributed by atoms with Crippen LogP contribution in [0, 0.1) is 0 Å². The predicted octanol–water partition coefficient (Wildman–Crippen LogP) is 6.23. The van der Waals surface area contributed by atoms with Crippen LogP contribution in [0.25, 0.3) is 11.1 Å². The van der Waals surface area contributed by atoms with E-state index in [2.05, 4.69) is 31.2 Å². The number of esters is 1. The fourth-order valence-corrected chi connectivity index (χ4v) is 3.06. The maximum absolute atomic E-state index is 12.4. The summed E-state index contributed by atoms with van der Waals surface area (Å²) in [5, 5.41) is 0. The van der Waals surface area contributed by atoms with Gasteiger partial charge in [0.2, 0.25) is 0 Å². The van der Waals surface area contributed by atoms with Crippen LogP contribution in [0.4, 0.5) is 0 Å². The van der Waals surface area contributed by atoms with Gasteiger partial charge in [0, 0.05) is 7.11 Å². The summed E-state index contributed by atoms with van der Waals surface area (Å²) in [5.74, 6) is 0.218. The number of carbonyl (C=O) groups excluding carboxylic acids is 1. The molecule has 0 N–H and O–H groups in total. The van der Waals surface area contributed by atoms with E-state index in [-0.39, 0.29) is 12.1 Å². The molecule has 1 unspecified atom stereocenters. The summed E-state index contributed by atoms with van der Waals surface area (Å²) in [6.45, 7) is 4.17. The first-order chi connectivity index (χ1) is 13.6. The quantitative estimate of drug-likeness (QED) is 0.363. The zero-order chi connectivity index (χ0) is 19.9. The van der Waals surface area contributed by atoms with Crippen LogP contribution in [-0.2, 0) is 11.2 Å². The van der Waals surface area contributed by atoms with Crippen molar-refractivity contribution in [2.45, 2.75) is 32.8 Å². The molecule has 3 heteroatoms. The van der Waals surface area contributed by atoms with Gasteiger partial charge in [0.25, 0.3) is 0 Å². The molecule has 0 saturated carbocycles. The minimum absolute atomic E-state index is 0.0715. The average molecular weight is 374 g/mol. The van der Waals surface area contributed by atoms with Crippen LogP contribution >= 0.6 is 0 Å². The third-order valence-electron chi connectivity index (χ3n) is 4.86. The first kappa shape index (κ1) is 19.8. The maximum Gasteiger partial charge on any atom is 0.343 e. The SMILES string of the molecule is CCCc1ccc(OC(=O)c2ccc(-c3ccc(C(C)OC)cc3)cc2)cc1. The lowest BCUT2D eigenvalue weighted by atomic mass is 10.0. The molecular weight excluding hydrogens is 348 g/mol. The summed E-state index contributed by atoms with van der Waals surface area (Å²) >= 11 is 0. The topological polar surface area (TPSA) is 35.5 Å². The number of rotatable bonds is 7. The summed E-state index contributed by atoms with van der Waals surface area (Å²) in [7, 11) is 1.70. The lowest BCUT2D eigenvalue weighted by Crippen LogP contribution is -2.08. The molecule has 0 amide bonds. The minimum atomic E-state index is -0.348. The number of benzene rings is 3. The van der Waals surface area contributed by atoms with Gasteiger partial charge in [-0.2, -0.15) is 0 Å². The van der Waals surface area contributed by atoms with E-state index in [0.717, 1.165) is 29.5 Å². The van der Waals surface area contributed by atoms with Crippen molar-refractivity contribution >= 4 is 5.97 Å². The molecule has 0 heterocycles. The average Bonchev–Trinajstić information content (AvgIpc) is 2.75. The Morgan fingerprint density at radius 1 is 0.857 bits per heavy atom. The molecular formula is C25H26O3. The van der Waals surface area contributed by atoms with Gasteiger partial charge < -0.3 is 9.47 Å². The van der Waals surface area contributed by atoms with E-state index in [1.54, 1.807) is 19.2 Å². The van der Waals surface area contributed by atoms with Crippen molar-refractivity contribution in [1.29, 1.82) is 0 Å². The Labute approximate surface area is 166 Å². The first-order valence-electron chi connectivity index (χ1n) is 9.65. The van der Waals surface area contributed by atoms with Gasteiger partial charge in [-0.25, -0.2) is 4.79 Å². The molecule has 0 saturated heterocycles. The van der Waals surface area contributed by atoms with Crippen LogP contribution in [0.15, 0.2) is 72.8 Å². The van der Waals surface area contributed by atoms with Gasteiger partial charge in [0.1, 0.15) is 5.75 Å². The normalized spacial score (nSPS) is 11.8. The van der Waals surface area contributed by atoms with Crippen molar-refractivity contribution in [3.05, 3.63) is 89.5 Å². The highest BCUT2D eigenvalue weighted by Crippen LogP contribution is 2.24. The highest BCUT2D eigenvalue weighted by molar-refractivity contribution is 5.91. The van der Waals surface area contributed by atoms with E-state index in [0.29, 0.717) is 11.3 Å². The minimum Gasteiger partial charge on any atom is -0.423 e. The highest BCUT2D eigenvalue weighted by atomic mass is 16.5. The zero-order valence-electron chi connectivity index (χ0n) is 16.6. The van der Waals surface area contributed by atoms with Crippen molar-refractivity contribution in [3.8, 4) is 16.9 Å². The molecule has 0 spiro atoms. The van der Waals surface area contributed by atoms with Gasteiger partial charge >= 0.3 is 5.97 Å². The van der Waals surface area contributed by atoms with Crippen molar-refractivity contribution < 1.29 is 14.3 Å². The second-order valence-electron chi connectivity index (χ2n) is 6.86. The number of aryl methyl sites for hydroxylation is 1. The van der Waals surface area contributed by atoms with Gasteiger partial charge in [0.05, 0.1) is 11.7 Å². The van der Waals surface area contributed by atoms with Crippen molar-refractivity contribution in [1.82, 2.24) is 0 Å². The van der Waals surface area contributed by atoms with Crippen molar-refractivity contribution in [2.24, 2.45) is 0 Å².